The summed E-state index contributed by atoms with van der Waals surface area (Å²) in [5.41, 5.74) is 9.78. The second-order valence-electron chi connectivity index (χ2n) is 6.62. The molecule has 0 bridgehead atoms. The molecule has 3 N–H and O–H groups in total. The van der Waals surface area contributed by atoms with Crippen LogP contribution in [0.1, 0.15) is 5.56 Å². The van der Waals surface area contributed by atoms with Crippen molar-refractivity contribution in [1.29, 1.82) is 0 Å². The van der Waals surface area contributed by atoms with E-state index in [1.807, 2.05) is 59.3 Å². The Labute approximate surface area is 173 Å². The van der Waals surface area contributed by atoms with Crippen molar-refractivity contribution in [2.75, 3.05) is 11.1 Å². The van der Waals surface area contributed by atoms with Crippen LogP contribution in [-0.2, 0) is 6.54 Å². The van der Waals surface area contributed by atoms with E-state index in [9.17, 15) is 0 Å². The van der Waals surface area contributed by atoms with E-state index < -0.39 is 0 Å². The molecule has 0 radical (unpaired) electrons. The van der Waals surface area contributed by atoms with E-state index in [1.54, 1.807) is 12.5 Å². The van der Waals surface area contributed by atoms with Gasteiger partial charge in [0.15, 0.2) is 5.65 Å². The molecular formula is C22H19ClN6. The standard InChI is InChI=1S/C22H18N6.ClH/c23-19-10-4-9-17-16(19)8-5-11-20(17)27-21-18-12-26-28(22(18)25-14-24-21)13-15-6-2-1-3-7-15;/h1-12,14H,13,23H2,(H,24,25,27);1H. The number of fused-ring (bicyclic) bond motifs is 2. The summed E-state index contributed by atoms with van der Waals surface area (Å²) in [4.78, 5) is 8.89. The Kier molecular flexibility index (Phi) is 5.01. The van der Waals surface area contributed by atoms with E-state index in [1.165, 1.54) is 5.56 Å². The van der Waals surface area contributed by atoms with Crippen LogP contribution in [0.2, 0.25) is 0 Å². The number of aromatic nitrogens is 4. The van der Waals surface area contributed by atoms with Crippen molar-refractivity contribution in [2.24, 2.45) is 0 Å². The third-order valence-corrected chi connectivity index (χ3v) is 4.82. The molecule has 2 heterocycles. The fraction of sp³-hybridized carbons (Fsp3) is 0.0455. The minimum atomic E-state index is 0. The quantitative estimate of drug-likeness (QED) is 0.423. The summed E-state index contributed by atoms with van der Waals surface area (Å²) < 4.78 is 1.89. The van der Waals surface area contributed by atoms with Crippen LogP contribution in [0, 0.1) is 0 Å². The number of hydrogen-bond donors (Lipinski definition) is 2. The monoisotopic (exact) mass is 402 g/mol. The van der Waals surface area contributed by atoms with Crippen LogP contribution in [0.3, 0.4) is 0 Å². The Bertz CT molecular complexity index is 1280. The van der Waals surface area contributed by atoms with Crippen LogP contribution < -0.4 is 11.1 Å². The summed E-state index contributed by atoms with van der Waals surface area (Å²) in [5.74, 6) is 0.722. The van der Waals surface area contributed by atoms with Crippen LogP contribution in [0.25, 0.3) is 21.8 Å². The molecule has 0 amide bonds. The van der Waals surface area contributed by atoms with Gasteiger partial charge in [-0.3, -0.25) is 0 Å². The predicted molar refractivity (Wildman–Crippen MR) is 120 cm³/mol. The van der Waals surface area contributed by atoms with Gasteiger partial charge in [-0.1, -0.05) is 54.6 Å². The average Bonchev–Trinajstić information content (AvgIpc) is 3.13. The van der Waals surface area contributed by atoms with Gasteiger partial charge in [0.25, 0.3) is 0 Å². The van der Waals surface area contributed by atoms with Crippen molar-refractivity contribution in [1.82, 2.24) is 19.7 Å². The molecule has 5 aromatic rings. The molecule has 0 saturated heterocycles. The van der Waals surface area contributed by atoms with Crippen LogP contribution >= 0.6 is 12.4 Å². The van der Waals surface area contributed by atoms with Gasteiger partial charge in [-0.25, -0.2) is 14.6 Å². The van der Waals surface area contributed by atoms with Gasteiger partial charge in [-0.2, -0.15) is 5.10 Å². The van der Waals surface area contributed by atoms with Gasteiger partial charge in [-0.15, -0.1) is 12.4 Å². The number of nitrogens with one attached hydrogen (secondary N) is 1. The van der Waals surface area contributed by atoms with Gasteiger partial charge in [-0.05, 0) is 17.7 Å². The minimum Gasteiger partial charge on any atom is -0.398 e. The molecule has 0 aliphatic carbocycles. The molecule has 144 valence electrons. The van der Waals surface area contributed by atoms with Crippen LogP contribution in [0.15, 0.2) is 79.3 Å². The largest absolute Gasteiger partial charge is 0.398 e. The van der Waals surface area contributed by atoms with Crippen molar-refractivity contribution in [2.45, 2.75) is 6.54 Å². The molecule has 0 fully saturated rings. The molecule has 5 rings (SSSR count). The lowest BCUT2D eigenvalue weighted by Gasteiger charge is -2.11. The van der Waals surface area contributed by atoms with Crippen molar-refractivity contribution in [3.8, 4) is 0 Å². The molecule has 2 aromatic heterocycles. The number of hydrogen-bond acceptors (Lipinski definition) is 5. The third kappa shape index (κ3) is 3.46. The highest BCUT2D eigenvalue weighted by atomic mass is 35.5. The summed E-state index contributed by atoms with van der Waals surface area (Å²) in [7, 11) is 0. The smallest absolute Gasteiger partial charge is 0.163 e. The average molecular weight is 403 g/mol. The topological polar surface area (TPSA) is 81.7 Å². The molecule has 0 aliphatic rings. The molecule has 0 spiro atoms. The maximum atomic E-state index is 6.12. The Morgan fingerprint density at radius 2 is 1.62 bits per heavy atom. The Morgan fingerprint density at radius 3 is 2.48 bits per heavy atom. The zero-order valence-electron chi connectivity index (χ0n) is 15.5. The maximum absolute atomic E-state index is 6.12. The summed E-state index contributed by atoms with van der Waals surface area (Å²) in [6, 6.07) is 22.1. The first-order chi connectivity index (χ1) is 13.8. The van der Waals surface area contributed by atoms with E-state index in [-0.39, 0.29) is 12.4 Å². The number of nitrogen functional groups attached to an aromatic ring is 1. The Hall–Kier alpha value is -3.64. The minimum absolute atomic E-state index is 0. The molecule has 6 nitrogen and oxygen atoms in total. The Balaban J connectivity index is 0.00000205. The van der Waals surface area contributed by atoms with Crippen molar-refractivity contribution in [3.05, 3.63) is 84.8 Å². The van der Waals surface area contributed by atoms with Gasteiger partial charge < -0.3 is 11.1 Å². The normalized spacial score (nSPS) is 10.8. The second kappa shape index (κ2) is 7.77. The third-order valence-electron chi connectivity index (χ3n) is 4.82. The molecule has 0 unspecified atom stereocenters. The number of rotatable bonds is 4. The van der Waals surface area contributed by atoms with Crippen molar-refractivity contribution in [3.63, 3.8) is 0 Å². The lowest BCUT2D eigenvalue weighted by atomic mass is 10.1. The number of halogens is 1. The number of benzene rings is 3. The summed E-state index contributed by atoms with van der Waals surface area (Å²) in [6.07, 6.45) is 3.37. The Morgan fingerprint density at radius 1 is 0.828 bits per heavy atom. The summed E-state index contributed by atoms with van der Waals surface area (Å²) >= 11 is 0. The van der Waals surface area contributed by atoms with Gasteiger partial charge in [0.2, 0.25) is 0 Å². The number of anilines is 3. The van der Waals surface area contributed by atoms with E-state index in [2.05, 4.69) is 32.5 Å². The first-order valence-corrected chi connectivity index (χ1v) is 9.04. The lowest BCUT2D eigenvalue weighted by molar-refractivity contribution is 0.704. The van der Waals surface area contributed by atoms with E-state index in [0.29, 0.717) is 6.54 Å². The second-order valence-corrected chi connectivity index (χ2v) is 6.62. The van der Waals surface area contributed by atoms with Crippen molar-refractivity contribution < 1.29 is 0 Å². The zero-order chi connectivity index (χ0) is 18.9. The van der Waals surface area contributed by atoms with Crippen LogP contribution in [0.5, 0.6) is 0 Å². The number of nitrogens with two attached hydrogens (primary N) is 1. The molecular weight excluding hydrogens is 384 g/mol. The van der Waals surface area contributed by atoms with Crippen molar-refractivity contribution >= 4 is 51.4 Å². The predicted octanol–water partition coefficient (Wildman–Crippen LogP) is 4.78. The maximum Gasteiger partial charge on any atom is 0.163 e. The highest BCUT2D eigenvalue weighted by molar-refractivity contribution is 6.02. The van der Waals surface area contributed by atoms with Gasteiger partial charge in [0.05, 0.1) is 18.1 Å². The zero-order valence-corrected chi connectivity index (χ0v) is 16.3. The molecule has 29 heavy (non-hydrogen) atoms. The SMILES string of the molecule is Cl.Nc1cccc2c(Nc3ncnc4c3cnn4Cc3ccccc3)cccc12. The highest BCUT2D eigenvalue weighted by Crippen LogP contribution is 2.31. The fourth-order valence-electron chi connectivity index (χ4n) is 3.44. The summed E-state index contributed by atoms with van der Waals surface area (Å²) in [5, 5.41) is 10.9. The molecule has 0 aliphatic heterocycles. The molecule has 0 saturated carbocycles. The lowest BCUT2D eigenvalue weighted by Crippen LogP contribution is -2.03. The van der Waals surface area contributed by atoms with Gasteiger partial charge >= 0.3 is 0 Å². The van der Waals surface area contributed by atoms with E-state index in [0.717, 1.165) is 39.0 Å². The van der Waals surface area contributed by atoms with Gasteiger partial charge in [0.1, 0.15) is 12.1 Å². The molecule has 0 atom stereocenters. The van der Waals surface area contributed by atoms with Gasteiger partial charge in [0, 0.05) is 22.1 Å². The summed E-state index contributed by atoms with van der Waals surface area (Å²) in [6.45, 7) is 0.658. The van der Waals surface area contributed by atoms with Crippen LogP contribution in [-0.4, -0.2) is 19.7 Å². The van der Waals surface area contributed by atoms with E-state index in [4.69, 9.17) is 5.73 Å². The van der Waals surface area contributed by atoms with Crippen LogP contribution in [0.4, 0.5) is 17.2 Å². The number of nitrogens with zero attached hydrogens (tertiary/aromatic N) is 4. The molecule has 3 aromatic carbocycles. The first-order valence-electron chi connectivity index (χ1n) is 9.04. The highest BCUT2D eigenvalue weighted by Gasteiger charge is 2.12. The van der Waals surface area contributed by atoms with E-state index >= 15 is 0 Å². The first kappa shape index (κ1) is 18.7. The molecule has 7 heteroatoms. The fourth-order valence-corrected chi connectivity index (χ4v) is 3.44.